The van der Waals surface area contributed by atoms with Crippen LogP contribution in [0.3, 0.4) is 0 Å². The first-order chi connectivity index (χ1) is 7.26. The second-order valence-corrected chi connectivity index (χ2v) is 3.49. The molecule has 0 aliphatic carbocycles. The van der Waals surface area contributed by atoms with E-state index in [9.17, 15) is 4.79 Å². The molecule has 1 aliphatic rings. The number of hydrogen-bond donors (Lipinski definition) is 2. The van der Waals surface area contributed by atoms with Crippen molar-refractivity contribution in [2.75, 3.05) is 19.7 Å². The zero-order valence-electron chi connectivity index (χ0n) is 8.32. The van der Waals surface area contributed by atoms with E-state index in [2.05, 4.69) is 11.4 Å². The molecule has 1 fully saturated rings. The SMILES string of the molecule is NC(=O)C1(c2[c]cccc2)CNCCO1. The molecule has 1 aromatic rings. The molecule has 3 N–H and O–H groups in total. The van der Waals surface area contributed by atoms with Crippen LogP contribution in [0.2, 0.25) is 0 Å². The van der Waals surface area contributed by atoms with E-state index in [1.54, 1.807) is 12.1 Å². The lowest BCUT2D eigenvalue weighted by Gasteiger charge is -2.35. The van der Waals surface area contributed by atoms with Crippen LogP contribution in [0.1, 0.15) is 5.56 Å². The number of carbonyl (C=O) groups excluding carboxylic acids is 1. The highest BCUT2D eigenvalue weighted by Gasteiger charge is 2.41. The Labute approximate surface area is 88.4 Å². The van der Waals surface area contributed by atoms with Gasteiger partial charge in [-0.15, -0.1) is 0 Å². The molecule has 2 rings (SSSR count). The molecule has 1 amide bonds. The summed E-state index contributed by atoms with van der Waals surface area (Å²) in [5.74, 6) is -0.475. The van der Waals surface area contributed by atoms with E-state index in [0.29, 0.717) is 18.7 Å². The number of morpholine rings is 1. The summed E-state index contributed by atoms with van der Waals surface area (Å²) in [4.78, 5) is 11.5. The Morgan fingerprint density at radius 1 is 1.60 bits per heavy atom. The van der Waals surface area contributed by atoms with E-state index in [1.807, 2.05) is 12.1 Å². The van der Waals surface area contributed by atoms with Gasteiger partial charge in [-0.1, -0.05) is 24.3 Å². The van der Waals surface area contributed by atoms with Crippen LogP contribution in [0.5, 0.6) is 0 Å². The molecule has 0 spiro atoms. The predicted octanol–water partition coefficient (Wildman–Crippen LogP) is -0.213. The maximum Gasteiger partial charge on any atom is 0.255 e. The molecule has 1 saturated heterocycles. The van der Waals surface area contributed by atoms with Crippen LogP contribution in [-0.2, 0) is 15.1 Å². The quantitative estimate of drug-likeness (QED) is 0.702. The Morgan fingerprint density at radius 3 is 3.00 bits per heavy atom. The van der Waals surface area contributed by atoms with Gasteiger partial charge in [0.1, 0.15) is 0 Å². The third-order valence-corrected chi connectivity index (χ3v) is 2.54. The molecule has 0 bridgehead atoms. The minimum atomic E-state index is -1.06. The Balaban J connectivity index is 2.38. The molecule has 1 heterocycles. The third kappa shape index (κ3) is 1.73. The highest BCUT2D eigenvalue weighted by atomic mass is 16.5. The van der Waals surface area contributed by atoms with E-state index in [0.717, 1.165) is 6.54 Å². The normalized spacial score (nSPS) is 26.1. The van der Waals surface area contributed by atoms with Crippen molar-refractivity contribution in [2.24, 2.45) is 5.73 Å². The lowest BCUT2D eigenvalue weighted by molar-refractivity contribution is -0.149. The van der Waals surface area contributed by atoms with E-state index >= 15 is 0 Å². The molecule has 79 valence electrons. The second kappa shape index (κ2) is 4.00. The average molecular weight is 205 g/mol. The molecule has 1 radical (unpaired) electrons. The van der Waals surface area contributed by atoms with Gasteiger partial charge in [-0.25, -0.2) is 0 Å². The first-order valence-electron chi connectivity index (χ1n) is 4.87. The summed E-state index contributed by atoms with van der Waals surface area (Å²) < 4.78 is 5.54. The number of nitrogens with one attached hydrogen (secondary N) is 1. The predicted molar refractivity (Wildman–Crippen MR) is 55.0 cm³/mol. The minimum Gasteiger partial charge on any atom is -0.367 e. The molecule has 1 unspecified atom stereocenters. The lowest BCUT2D eigenvalue weighted by Crippen LogP contribution is -2.55. The zero-order valence-corrected chi connectivity index (χ0v) is 8.32. The number of benzene rings is 1. The summed E-state index contributed by atoms with van der Waals surface area (Å²) in [7, 11) is 0. The summed E-state index contributed by atoms with van der Waals surface area (Å²) >= 11 is 0. The fraction of sp³-hybridized carbons (Fsp3) is 0.364. The van der Waals surface area contributed by atoms with Crippen molar-refractivity contribution in [2.45, 2.75) is 5.60 Å². The van der Waals surface area contributed by atoms with Gasteiger partial charge in [0.05, 0.1) is 6.61 Å². The first-order valence-corrected chi connectivity index (χ1v) is 4.87. The second-order valence-electron chi connectivity index (χ2n) is 3.49. The van der Waals surface area contributed by atoms with Crippen molar-refractivity contribution in [1.82, 2.24) is 5.32 Å². The number of primary amides is 1. The molecule has 1 aliphatic heterocycles. The number of carbonyl (C=O) groups is 1. The maximum atomic E-state index is 11.5. The van der Waals surface area contributed by atoms with Gasteiger partial charge in [0, 0.05) is 18.7 Å². The van der Waals surface area contributed by atoms with Crippen molar-refractivity contribution < 1.29 is 9.53 Å². The fourth-order valence-corrected chi connectivity index (χ4v) is 1.72. The third-order valence-electron chi connectivity index (χ3n) is 2.54. The van der Waals surface area contributed by atoms with Crippen LogP contribution in [0.15, 0.2) is 24.3 Å². The van der Waals surface area contributed by atoms with Gasteiger partial charge in [0.15, 0.2) is 5.60 Å². The summed E-state index contributed by atoms with van der Waals surface area (Å²) in [5, 5.41) is 3.11. The molecule has 1 atom stereocenters. The Hall–Kier alpha value is -1.39. The van der Waals surface area contributed by atoms with Crippen LogP contribution in [0, 0.1) is 6.07 Å². The van der Waals surface area contributed by atoms with Crippen molar-refractivity contribution in [3.8, 4) is 0 Å². The van der Waals surface area contributed by atoms with Gasteiger partial charge in [-0.3, -0.25) is 4.79 Å². The number of hydrogen-bond acceptors (Lipinski definition) is 3. The van der Waals surface area contributed by atoms with Crippen molar-refractivity contribution >= 4 is 5.91 Å². The number of nitrogens with two attached hydrogens (primary N) is 1. The van der Waals surface area contributed by atoms with Crippen LogP contribution < -0.4 is 11.1 Å². The van der Waals surface area contributed by atoms with Crippen molar-refractivity contribution in [1.29, 1.82) is 0 Å². The van der Waals surface area contributed by atoms with Crippen LogP contribution in [0.25, 0.3) is 0 Å². The largest absolute Gasteiger partial charge is 0.367 e. The lowest BCUT2D eigenvalue weighted by atomic mass is 9.92. The number of rotatable bonds is 2. The molecule has 0 aromatic heterocycles. The minimum absolute atomic E-state index is 0.406. The molecule has 0 saturated carbocycles. The van der Waals surface area contributed by atoms with E-state index < -0.39 is 11.5 Å². The topological polar surface area (TPSA) is 64.4 Å². The molecular formula is C11H13N2O2. The number of amides is 1. The Morgan fingerprint density at radius 2 is 2.47 bits per heavy atom. The molecule has 15 heavy (non-hydrogen) atoms. The van der Waals surface area contributed by atoms with Gasteiger partial charge < -0.3 is 15.8 Å². The van der Waals surface area contributed by atoms with Gasteiger partial charge in [0.2, 0.25) is 0 Å². The number of ether oxygens (including phenoxy) is 1. The summed E-state index contributed by atoms with van der Waals surface area (Å²) in [6.45, 7) is 1.62. The standard InChI is InChI=1S/C11H13N2O2/c12-10(14)11(8-13-6-7-15-11)9-4-2-1-3-5-9/h1-4,13H,6-8H2,(H2,12,14). The molecule has 1 aromatic carbocycles. The van der Waals surface area contributed by atoms with E-state index in [1.165, 1.54) is 0 Å². The van der Waals surface area contributed by atoms with Crippen LogP contribution >= 0.6 is 0 Å². The zero-order chi connectivity index (χ0) is 10.7. The molecule has 4 nitrogen and oxygen atoms in total. The summed E-state index contributed by atoms with van der Waals surface area (Å²) in [5.41, 5.74) is 5.04. The molecular weight excluding hydrogens is 192 g/mol. The summed E-state index contributed by atoms with van der Waals surface area (Å²) in [6.07, 6.45) is 0. The van der Waals surface area contributed by atoms with Crippen molar-refractivity contribution in [3.63, 3.8) is 0 Å². The van der Waals surface area contributed by atoms with Crippen LogP contribution in [-0.4, -0.2) is 25.6 Å². The summed E-state index contributed by atoms with van der Waals surface area (Å²) in [6, 6.07) is 10.2. The molecule has 4 heteroatoms. The fourth-order valence-electron chi connectivity index (χ4n) is 1.72. The van der Waals surface area contributed by atoms with Gasteiger partial charge in [0.25, 0.3) is 5.91 Å². The maximum absolute atomic E-state index is 11.5. The smallest absolute Gasteiger partial charge is 0.255 e. The van der Waals surface area contributed by atoms with Crippen LogP contribution in [0.4, 0.5) is 0 Å². The Bertz CT molecular complexity index is 345. The highest BCUT2D eigenvalue weighted by molar-refractivity contribution is 5.85. The van der Waals surface area contributed by atoms with E-state index in [-0.39, 0.29) is 0 Å². The van der Waals surface area contributed by atoms with Gasteiger partial charge in [-0.05, 0) is 6.07 Å². The first kappa shape index (κ1) is 10.1. The van der Waals surface area contributed by atoms with Gasteiger partial charge in [-0.2, -0.15) is 0 Å². The van der Waals surface area contributed by atoms with Crippen molar-refractivity contribution in [3.05, 3.63) is 35.9 Å². The van der Waals surface area contributed by atoms with E-state index in [4.69, 9.17) is 10.5 Å². The van der Waals surface area contributed by atoms with Gasteiger partial charge >= 0.3 is 0 Å². The average Bonchev–Trinajstić information content (AvgIpc) is 2.31. The Kier molecular flexibility index (Phi) is 2.70. The highest BCUT2D eigenvalue weighted by Crippen LogP contribution is 2.26. The monoisotopic (exact) mass is 205 g/mol.